The van der Waals surface area contributed by atoms with Gasteiger partial charge in [0.25, 0.3) is 0 Å². The Kier molecular flexibility index (Phi) is 5.76. The van der Waals surface area contributed by atoms with Crippen molar-refractivity contribution in [2.24, 2.45) is 5.92 Å². The molecule has 0 bridgehead atoms. The topological polar surface area (TPSA) is 61.8 Å². The first-order chi connectivity index (χ1) is 8.99. The molecular weight excluding hydrogens is 248 g/mol. The van der Waals surface area contributed by atoms with Gasteiger partial charge in [0, 0.05) is 0 Å². The summed E-state index contributed by atoms with van der Waals surface area (Å²) in [6.45, 7) is 5.95. The molecule has 0 unspecified atom stereocenters. The molecule has 1 heterocycles. The Morgan fingerprint density at radius 2 is 1.95 bits per heavy atom. The van der Waals surface area contributed by atoms with Crippen LogP contribution >= 0.6 is 0 Å². The molecule has 0 radical (unpaired) electrons. The minimum Gasteiger partial charge on any atom is -0.467 e. The summed E-state index contributed by atoms with van der Waals surface area (Å²) < 4.78 is 15.1. The molecule has 0 spiro atoms. The summed E-state index contributed by atoms with van der Waals surface area (Å²) in [6, 6.07) is 0. The van der Waals surface area contributed by atoms with E-state index in [1.54, 1.807) is 25.2 Å². The van der Waals surface area contributed by atoms with Crippen molar-refractivity contribution >= 4 is 11.9 Å². The van der Waals surface area contributed by atoms with Gasteiger partial charge in [0.05, 0.1) is 19.3 Å². The maximum atomic E-state index is 11.9. The van der Waals surface area contributed by atoms with E-state index >= 15 is 0 Å². The number of carbonyl (C=O) groups excluding carboxylic acids is 2. The molecule has 5 nitrogen and oxygen atoms in total. The van der Waals surface area contributed by atoms with Gasteiger partial charge in [-0.1, -0.05) is 26.0 Å². The van der Waals surface area contributed by atoms with Crippen molar-refractivity contribution in [3.05, 3.63) is 23.8 Å². The molecule has 2 atom stereocenters. The van der Waals surface area contributed by atoms with E-state index in [-0.39, 0.29) is 5.92 Å². The van der Waals surface area contributed by atoms with Crippen LogP contribution in [-0.4, -0.2) is 37.9 Å². The Labute approximate surface area is 113 Å². The van der Waals surface area contributed by atoms with Gasteiger partial charge in [-0.15, -0.1) is 0 Å². The summed E-state index contributed by atoms with van der Waals surface area (Å²) in [5.41, 5.74) is 0.416. The highest BCUT2D eigenvalue weighted by Gasteiger charge is 2.31. The van der Waals surface area contributed by atoms with E-state index in [9.17, 15) is 9.59 Å². The largest absolute Gasteiger partial charge is 0.467 e. The first kappa shape index (κ1) is 15.4. The third-order valence-electron chi connectivity index (χ3n) is 2.52. The summed E-state index contributed by atoms with van der Waals surface area (Å²) in [4.78, 5) is 23.3. The van der Waals surface area contributed by atoms with E-state index in [2.05, 4.69) is 4.74 Å². The number of rotatable bonds is 5. The number of esters is 2. The zero-order valence-electron chi connectivity index (χ0n) is 11.7. The molecular formula is C14H20O5. The van der Waals surface area contributed by atoms with Crippen LogP contribution < -0.4 is 0 Å². The molecule has 0 saturated heterocycles. The Morgan fingerprint density at radius 3 is 2.47 bits per heavy atom. The lowest BCUT2D eigenvalue weighted by Crippen LogP contribution is -2.27. The quantitative estimate of drug-likeness (QED) is 0.431. The van der Waals surface area contributed by atoms with E-state index < -0.39 is 24.1 Å². The third-order valence-corrected chi connectivity index (χ3v) is 2.52. The van der Waals surface area contributed by atoms with Gasteiger partial charge in [-0.05, 0) is 18.9 Å². The van der Waals surface area contributed by atoms with Crippen molar-refractivity contribution < 1.29 is 23.8 Å². The van der Waals surface area contributed by atoms with Gasteiger partial charge in [0.15, 0.2) is 6.10 Å². The van der Waals surface area contributed by atoms with Gasteiger partial charge in [0.2, 0.25) is 0 Å². The lowest BCUT2D eigenvalue weighted by Gasteiger charge is -2.16. The molecule has 0 N–H and O–H groups in total. The second-order valence-electron chi connectivity index (χ2n) is 4.47. The van der Waals surface area contributed by atoms with Crippen molar-refractivity contribution in [3.8, 4) is 0 Å². The van der Waals surface area contributed by atoms with Crippen LogP contribution in [0.5, 0.6) is 0 Å². The van der Waals surface area contributed by atoms with Crippen LogP contribution in [0.3, 0.4) is 0 Å². The fourth-order valence-electron chi connectivity index (χ4n) is 1.73. The van der Waals surface area contributed by atoms with E-state index in [0.717, 1.165) is 0 Å². The average Bonchev–Trinajstić information content (AvgIpc) is 2.84. The van der Waals surface area contributed by atoms with Crippen LogP contribution in [0.15, 0.2) is 23.8 Å². The second-order valence-corrected chi connectivity index (χ2v) is 4.47. The summed E-state index contributed by atoms with van der Waals surface area (Å²) in [5.74, 6) is -0.726. The maximum Gasteiger partial charge on any atom is 0.339 e. The van der Waals surface area contributed by atoms with Gasteiger partial charge >= 0.3 is 11.9 Å². The fourth-order valence-corrected chi connectivity index (χ4v) is 1.73. The van der Waals surface area contributed by atoms with E-state index in [0.29, 0.717) is 12.2 Å². The van der Waals surface area contributed by atoms with Gasteiger partial charge in [-0.3, -0.25) is 0 Å². The predicted octanol–water partition coefficient (Wildman–Crippen LogP) is 1.63. The van der Waals surface area contributed by atoms with Gasteiger partial charge < -0.3 is 14.2 Å². The smallest absolute Gasteiger partial charge is 0.339 e. The molecule has 106 valence electrons. The maximum absolute atomic E-state index is 11.9. The Morgan fingerprint density at radius 1 is 1.32 bits per heavy atom. The lowest BCUT2D eigenvalue weighted by molar-refractivity contribution is -0.152. The lowest BCUT2D eigenvalue weighted by atomic mass is 10.0. The minimum absolute atomic E-state index is 0.175. The molecule has 1 aliphatic rings. The Bertz CT molecular complexity index is 395. The fraction of sp³-hybridized carbons (Fsp3) is 0.571. The summed E-state index contributed by atoms with van der Waals surface area (Å²) in [6.07, 6.45) is 3.72. The van der Waals surface area contributed by atoms with Crippen molar-refractivity contribution in [2.45, 2.75) is 33.0 Å². The third kappa shape index (κ3) is 4.21. The molecule has 0 saturated carbocycles. The normalized spacial score (nSPS) is 22.7. The minimum atomic E-state index is -0.764. The van der Waals surface area contributed by atoms with E-state index in [4.69, 9.17) is 9.47 Å². The van der Waals surface area contributed by atoms with Crippen LogP contribution in [0.1, 0.15) is 20.8 Å². The summed E-state index contributed by atoms with van der Waals surface area (Å²) in [7, 11) is 1.29. The molecule has 1 rings (SSSR count). The predicted molar refractivity (Wildman–Crippen MR) is 69.4 cm³/mol. The second kappa shape index (κ2) is 7.09. The Hall–Kier alpha value is -1.62. The first-order valence-corrected chi connectivity index (χ1v) is 6.30. The van der Waals surface area contributed by atoms with Crippen molar-refractivity contribution in [1.82, 2.24) is 0 Å². The average molecular weight is 268 g/mol. The van der Waals surface area contributed by atoms with Gasteiger partial charge in [-0.25, -0.2) is 9.59 Å². The molecule has 0 fully saturated rings. The molecule has 0 aliphatic carbocycles. The highest BCUT2D eigenvalue weighted by atomic mass is 16.6. The van der Waals surface area contributed by atoms with Crippen LogP contribution in [0.2, 0.25) is 0 Å². The number of carbonyl (C=O) groups is 2. The van der Waals surface area contributed by atoms with Crippen LogP contribution in [0.25, 0.3) is 0 Å². The molecule has 19 heavy (non-hydrogen) atoms. The molecule has 0 aromatic heterocycles. The van der Waals surface area contributed by atoms with Crippen molar-refractivity contribution in [1.29, 1.82) is 0 Å². The summed E-state index contributed by atoms with van der Waals surface area (Å²) >= 11 is 0. The highest BCUT2D eigenvalue weighted by molar-refractivity contribution is 5.90. The molecule has 5 heteroatoms. The number of allylic oxidation sites excluding steroid dienone is 1. The molecule has 0 amide bonds. The van der Waals surface area contributed by atoms with E-state index in [1.807, 2.05) is 13.8 Å². The zero-order chi connectivity index (χ0) is 14.4. The standard InChI is InChI=1S/C14H20O5/c1-5-18-13(15)10(8-9(2)3)11-6-7-12(19-11)14(16)17-4/h6-9,11-12H,5H2,1-4H3/b10-8-/t11-,12+/m1/s1. The highest BCUT2D eigenvalue weighted by Crippen LogP contribution is 2.22. The SMILES string of the molecule is CCOC(=O)/C(=C\C(C)C)[C@H]1C=C[C@@H](C(=O)OC)O1. The molecule has 0 aromatic rings. The van der Waals surface area contributed by atoms with Gasteiger partial charge in [-0.2, -0.15) is 0 Å². The van der Waals surface area contributed by atoms with E-state index in [1.165, 1.54) is 7.11 Å². The van der Waals surface area contributed by atoms with Crippen LogP contribution in [0, 0.1) is 5.92 Å². The van der Waals surface area contributed by atoms with Crippen molar-refractivity contribution in [3.63, 3.8) is 0 Å². The van der Waals surface area contributed by atoms with Gasteiger partial charge in [0.1, 0.15) is 6.10 Å². The number of hydrogen-bond donors (Lipinski definition) is 0. The van der Waals surface area contributed by atoms with Crippen LogP contribution in [0.4, 0.5) is 0 Å². The number of methoxy groups -OCH3 is 1. The number of hydrogen-bond acceptors (Lipinski definition) is 5. The molecule has 0 aromatic carbocycles. The number of ether oxygens (including phenoxy) is 3. The molecule has 1 aliphatic heterocycles. The Balaban J connectivity index is 2.82. The van der Waals surface area contributed by atoms with Crippen molar-refractivity contribution in [2.75, 3.05) is 13.7 Å². The summed E-state index contributed by atoms with van der Waals surface area (Å²) in [5, 5.41) is 0. The van der Waals surface area contributed by atoms with Crippen LogP contribution in [-0.2, 0) is 23.8 Å². The zero-order valence-corrected chi connectivity index (χ0v) is 11.7. The first-order valence-electron chi connectivity index (χ1n) is 6.30. The monoisotopic (exact) mass is 268 g/mol.